The molecule has 0 amide bonds. The van der Waals surface area contributed by atoms with Gasteiger partial charge in [0, 0.05) is 0 Å². The summed E-state index contributed by atoms with van der Waals surface area (Å²) < 4.78 is 0. The molecule has 0 heterocycles. The first-order valence-corrected chi connectivity index (χ1v) is 5.04. The molecule has 0 radical (unpaired) electrons. The van der Waals surface area contributed by atoms with E-state index in [0.29, 0.717) is 0 Å². The minimum atomic E-state index is 0. The molecule has 0 spiro atoms. The van der Waals surface area contributed by atoms with Crippen molar-refractivity contribution in [2.24, 2.45) is 0 Å². The topological polar surface area (TPSA) is 34.1 Å². The van der Waals surface area contributed by atoms with E-state index in [-0.39, 0.29) is 42.6 Å². The predicted octanol–water partition coefficient (Wildman–Crippen LogP) is -2.44. The van der Waals surface area contributed by atoms with E-state index in [1.165, 1.54) is 12.2 Å². The quantitative estimate of drug-likeness (QED) is 0.466. The van der Waals surface area contributed by atoms with Crippen molar-refractivity contribution in [2.75, 3.05) is 0 Å². The molecule has 0 saturated heterocycles. The van der Waals surface area contributed by atoms with Crippen LogP contribution in [0.3, 0.4) is 0 Å². The number of rotatable bonds is 0. The van der Waals surface area contributed by atoms with Crippen LogP contribution in [0.1, 0.15) is 12.6 Å². The summed E-state index contributed by atoms with van der Waals surface area (Å²) in [5.41, 5.74) is 1.97. The monoisotopic (exact) mass is 232 g/mol. The van der Waals surface area contributed by atoms with Crippen molar-refractivity contribution < 1.29 is 40.6 Å². The van der Waals surface area contributed by atoms with E-state index in [9.17, 15) is 9.59 Å². The molecular weight excluding hydrogens is 223 g/mol. The zero-order chi connectivity index (χ0) is 11.1. The molecule has 1 aromatic carbocycles. The standard InChI is InChI=1S/C14H8O2.Na.H/c15-13-3-1-9-5-12-8-14(16)4-2-10(12)6-11(9)7-13;;/h1-8H;;/q;+1;-1. The van der Waals surface area contributed by atoms with E-state index < -0.39 is 0 Å². The summed E-state index contributed by atoms with van der Waals surface area (Å²) in [6, 6.07) is 3.87. The Kier molecular flexibility index (Phi) is 3.29. The Morgan fingerprint density at radius 2 is 1.12 bits per heavy atom. The Morgan fingerprint density at radius 3 is 1.53 bits per heavy atom. The molecule has 78 valence electrons. The van der Waals surface area contributed by atoms with Gasteiger partial charge in [0.1, 0.15) is 0 Å². The largest absolute Gasteiger partial charge is 1.00 e. The summed E-state index contributed by atoms with van der Waals surface area (Å²) in [6.45, 7) is 0. The molecule has 0 atom stereocenters. The molecule has 17 heavy (non-hydrogen) atoms. The third-order valence-corrected chi connectivity index (χ3v) is 2.74. The van der Waals surface area contributed by atoms with E-state index in [1.807, 2.05) is 12.1 Å². The molecule has 0 aromatic heterocycles. The van der Waals surface area contributed by atoms with Crippen LogP contribution in [0.2, 0.25) is 0 Å². The van der Waals surface area contributed by atoms with Gasteiger partial charge in [-0.25, -0.2) is 0 Å². The summed E-state index contributed by atoms with van der Waals surface area (Å²) in [6.07, 6.45) is 9.87. The van der Waals surface area contributed by atoms with Gasteiger partial charge in [0.05, 0.1) is 0 Å². The van der Waals surface area contributed by atoms with Gasteiger partial charge in [0.25, 0.3) is 0 Å². The number of carbonyl (C=O) groups excluding carboxylic acids is 2. The average Bonchev–Trinajstić information content (AvgIpc) is 2.26. The fraction of sp³-hybridized carbons (Fsp3) is 0. The number of ketones is 2. The fourth-order valence-corrected chi connectivity index (χ4v) is 1.95. The molecule has 3 rings (SSSR count). The first-order chi connectivity index (χ1) is 7.72. The van der Waals surface area contributed by atoms with Crippen LogP contribution >= 0.6 is 0 Å². The van der Waals surface area contributed by atoms with Crippen LogP contribution in [0.25, 0.3) is 24.3 Å². The molecule has 0 unspecified atom stereocenters. The second-order valence-corrected chi connectivity index (χ2v) is 3.87. The number of benzene rings is 1. The van der Waals surface area contributed by atoms with Gasteiger partial charge < -0.3 is 1.43 Å². The van der Waals surface area contributed by atoms with Crippen molar-refractivity contribution in [3.05, 3.63) is 45.8 Å². The maximum Gasteiger partial charge on any atom is 1.00 e. The third kappa shape index (κ3) is 2.25. The van der Waals surface area contributed by atoms with Crippen LogP contribution in [0, 0.1) is 0 Å². The van der Waals surface area contributed by atoms with Crippen LogP contribution in [0.15, 0.2) is 24.3 Å². The Labute approximate surface area is 122 Å². The van der Waals surface area contributed by atoms with E-state index in [2.05, 4.69) is 0 Å². The van der Waals surface area contributed by atoms with E-state index in [4.69, 9.17) is 0 Å². The van der Waals surface area contributed by atoms with Crippen LogP contribution in [-0.2, 0) is 9.59 Å². The fourth-order valence-electron chi connectivity index (χ4n) is 1.95. The molecule has 0 N–H and O–H groups in total. The molecule has 1 aromatic rings. The minimum absolute atomic E-state index is 0. The van der Waals surface area contributed by atoms with Crippen molar-refractivity contribution in [1.82, 2.24) is 0 Å². The SMILES string of the molecule is O=C1C=Cc2cc3c(cc2=C1)C=CC(=O)C=3.[H-].[Na+]. The normalized spacial score (nSPS) is 15.3. The van der Waals surface area contributed by atoms with Gasteiger partial charge in [-0.2, -0.15) is 0 Å². The zero-order valence-electron chi connectivity index (χ0n) is 10.4. The van der Waals surface area contributed by atoms with Gasteiger partial charge in [-0.1, -0.05) is 12.2 Å². The van der Waals surface area contributed by atoms with Crippen LogP contribution < -0.4 is 40.0 Å². The van der Waals surface area contributed by atoms with Crippen molar-refractivity contribution in [3.8, 4) is 0 Å². The van der Waals surface area contributed by atoms with Crippen molar-refractivity contribution in [2.45, 2.75) is 0 Å². The van der Waals surface area contributed by atoms with E-state index in [1.54, 1.807) is 24.3 Å². The van der Waals surface area contributed by atoms with Crippen LogP contribution in [0.5, 0.6) is 0 Å². The minimum Gasteiger partial charge on any atom is -1.00 e. The summed E-state index contributed by atoms with van der Waals surface area (Å²) in [7, 11) is 0. The van der Waals surface area contributed by atoms with Gasteiger partial charge in [-0.15, -0.1) is 0 Å². The average molecular weight is 232 g/mol. The molecule has 2 nitrogen and oxygen atoms in total. The Balaban J connectivity index is 0.000000810. The number of hydrogen-bond acceptors (Lipinski definition) is 2. The van der Waals surface area contributed by atoms with Gasteiger partial charge in [0.2, 0.25) is 0 Å². The third-order valence-electron chi connectivity index (χ3n) is 2.74. The summed E-state index contributed by atoms with van der Waals surface area (Å²) >= 11 is 0. The first-order valence-electron chi connectivity index (χ1n) is 5.04. The molecular formula is C14H9NaO2. The van der Waals surface area contributed by atoms with Gasteiger partial charge in [0.15, 0.2) is 11.6 Å². The number of carbonyl (C=O) groups is 2. The van der Waals surface area contributed by atoms with Gasteiger partial charge in [-0.05, 0) is 58.0 Å². The van der Waals surface area contributed by atoms with Crippen molar-refractivity contribution in [1.29, 1.82) is 0 Å². The molecule has 2 aliphatic rings. The van der Waals surface area contributed by atoms with Crippen molar-refractivity contribution >= 4 is 35.9 Å². The van der Waals surface area contributed by atoms with Gasteiger partial charge >= 0.3 is 29.6 Å². The zero-order valence-corrected chi connectivity index (χ0v) is 11.4. The molecule has 2 aliphatic carbocycles. The maximum atomic E-state index is 11.2. The van der Waals surface area contributed by atoms with E-state index >= 15 is 0 Å². The van der Waals surface area contributed by atoms with Crippen LogP contribution in [0.4, 0.5) is 0 Å². The molecule has 0 fully saturated rings. The Morgan fingerprint density at radius 1 is 0.706 bits per heavy atom. The number of fused-ring (bicyclic) bond motifs is 2. The summed E-state index contributed by atoms with van der Waals surface area (Å²) in [5.74, 6) is 0.0135. The van der Waals surface area contributed by atoms with E-state index in [0.717, 1.165) is 21.6 Å². The number of allylic oxidation sites excluding steroid dienone is 2. The van der Waals surface area contributed by atoms with Crippen molar-refractivity contribution in [3.63, 3.8) is 0 Å². The summed E-state index contributed by atoms with van der Waals surface area (Å²) in [5, 5.41) is 1.83. The summed E-state index contributed by atoms with van der Waals surface area (Å²) in [4.78, 5) is 22.4. The number of hydrogen-bond donors (Lipinski definition) is 0. The first kappa shape index (κ1) is 12.2. The molecule has 0 saturated carbocycles. The Bertz CT molecular complexity index is 637. The Hall–Kier alpha value is -1.22. The second kappa shape index (κ2) is 4.57. The predicted molar refractivity (Wildman–Crippen MR) is 63.8 cm³/mol. The smallest absolute Gasteiger partial charge is 1.00 e. The molecule has 3 heteroatoms. The van der Waals surface area contributed by atoms with Gasteiger partial charge in [-0.3, -0.25) is 9.59 Å². The molecule has 0 bridgehead atoms. The molecule has 0 aliphatic heterocycles. The second-order valence-electron chi connectivity index (χ2n) is 3.87. The maximum absolute atomic E-state index is 11.2. The van der Waals surface area contributed by atoms with Crippen LogP contribution in [-0.4, -0.2) is 11.6 Å².